The summed E-state index contributed by atoms with van der Waals surface area (Å²) in [6, 6.07) is 9.24. The third kappa shape index (κ3) is 13.2. The fourth-order valence-electron chi connectivity index (χ4n) is 6.71. The van der Waals surface area contributed by atoms with E-state index in [1.54, 1.807) is 11.8 Å². The summed E-state index contributed by atoms with van der Waals surface area (Å²) >= 11 is 1.65. The lowest BCUT2D eigenvalue weighted by atomic mass is 9.82. The van der Waals surface area contributed by atoms with E-state index in [0.717, 1.165) is 56.9 Å². The van der Waals surface area contributed by atoms with E-state index in [1.165, 1.54) is 6.42 Å². The summed E-state index contributed by atoms with van der Waals surface area (Å²) in [6.07, 6.45) is 9.35. The number of piperidine rings is 1. The molecule has 256 valence electrons. The molecule has 2 aliphatic rings. The molecule has 2 fully saturated rings. The third-order valence-corrected chi connectivity index (χ3v) is 9.69. The van der Waals surface area contributed by atoms with Gasteiger partial charge in [-0.3, -0.25) is 9.59 Å². The molecule has 45 heavy (non-hydrogen) atoms. The number of unbranched alkanes of at least 4 members (excludes halogenated alkanes) is 1. The van der Waals surface area contributed by atoms with Gasteiger partial charge in [0.1, 0.15) is 18.3 Å². The first-order valence-electron chi connectivity index (χ1n) is 17.5. The number of amides is 2. The molecule has 0 bridgehead atoms. The average molecular weight is 649 g/mol. The van der Waals surface area contributed by atoms with E-state index >= 15 is 0 Å². The zero-order valence-electron chi connectivity index (χ0n) is 28.2. The number of aliphatic hydroxyl groups excluding tert-OH is 2. The van der Waals surface area contributed by atoms with Crippen molar-refractivity contribution >= 4 is 23.6 Å². The van der Waals surface area contributed by atoms with Crippen molar-refractivity contribution in [2.45, 2.75) is 141 Å². The quantitative estimate of drug-likeness (QED) is 0.165. The summed E-state index contributed by atoms with van der Waals surface area (Å²) in [5, 5.41) is 25.3. The molecule has 1 aromatic rings. The molecular formula is C36H60N2O6S. The van der Waals surface area contributed by atoms with Crippen molar-refractivity contribution in [1.29, 1.82) is 0 Å². The van der Waals surface area contributed by atoms with Crippen molar-refractivity contribution in [3.63, 3.8) is 0 Å². The Hall–Kier alpha value is -1.65. The highest BCUT2D eigenvalue weighted by atomic mass is 32.2. The van der Waals surface area contributed by atoms with Crippen molar-refractivity contribution in [1.82, 2.24) is 10.2 Å². The molecule has 0 unspecified atom stereocenters. The molecule has 9 heteroatoms. The molecule has 1 aliphatic carbocycles. The van der Waals surface area contributed by atoms with Crippen LogP contribution in [0.4, 0.5) is 0 Å². The molecule has 5 atom stereocenters. The van der Waals surface area contributed by atoms with E-state index in [0.29, 0.717) is 50.6 Å². The van der Waals surface area contributed by atoms with Gasteiger partial charge in [-0.05, 0) is 55.8 Å². The number of hydrogen-bond acceptors (Lipinski definition) is 7. The standard InChI is InChI=1S/C36H60N2O6S/c1-5-6-17-32(35(41)37-30(23-27-13-9-7-10-14-27)34(40)31(39)22-26(2)3)44-33(24-28-15-11-8-12-16-28)36(42)38-20-18-29(19-21-38)43-25-45-4/h8,11-12,15-16,26-27,29-34,39-40H,5-7,9-10,13-14,17-25H2,1-4H3,(H,37,41)/t30-,31-,32-,33-,34+/m0/s1. The summed E-state index contributed by atoms with van der Waals surface area (Å²) in [5.74, 6) is 0.860. The number of nitrogens with one attached hydrogen (secondary N) is 1. The summed E-state index contributed by atoms with van der Waals surface area (Å²) in [4.78, 5) is 29.9. The Bertz CT molecular complexity index is 968. The van der Waals surface area contributed by atoms with Crippen molar-refractivity contribution in [2.24, 2.45) is 11.8 Å². The Kier molecular flexibility index (Phi) is 17.3. The fourth-order valence-corrected chi connectivity index (χ4v) is 7.04. The number of rotatable bonds is 19. The number of carbonyl (C=O) groups excluding carboxylic acids is 2. The third-order valence-electron chi connectivity index (χ3n) is 9.31. The molecule has 1 aliphatic heterocycles. The number of aliphatic hydroxyl groups is 2. The minimum absolute atomic E-state index is 0.0948. The van der Waals surface area contributed by atoms with Gasteiger partial charge in [0.25, 0.3) is 5.91 Å². The second kappa shape index (κ2) is 20.6. The van der Waals surface area contributed by atoms with Crippen molar-refractivity contribution in [3.8, 4) is 0 Å². The van der Waals surface area contributed by atoms with Crippen LogP contribution in [0.1, 0.15) is 103 Å². The van der Waals surface area contributed by atoms with Gasteiger partial charge in [0.05, 0.1) is 24.2 Å². The Morgan fingerprint density at radius 1 is 1.02 bits per heavy atom. The second-order valence-corrected chi connectivity index (χ2v) is 14.4. The van der Waals surface area contributed by atoms with Crippen LogP contribution in [0.5, 0.6) is 0 Å². The minimum atomic E-state index is -1.07. The van der Waals surface area contributed by atoms with Gasteiger partial charge in [-0.25, -0.2) is 0 Å². The van der Waals surface area contributed by atoms with Crippen molar-refractivity contribution in [2.75, 3.05) is 25.3 Å². The molecule has 1 aromatic carbocycles. The Morgan fingerprint density at radius 2 is 1.71 bits per heavy atom. The highest BCUT2D eigenvalue weighted by molar-refractivity contribution is 7.98. The second-order valence-electron chi connectivity index (χ2n) is 13.6. The summed E-state index contributed by atoms with van der Waals surface area (Å²) in [5.41, 5.74) is 0.978. The molecule has 1 heterocycles. The van der Waals surface area contributed by atoms with Gasteiger partial charge in [-0.2, -0.15) is 0 Å². The monoisotopic (exact) mass is 648 g/mol. The lowest BCUT2D eigenvalue weighted by Gasteiger charge is -2.36. The molecule has 1 saturated heterocycles. The zero-order chi connectivity index (χ0) is 32.6. The first-order valence-corrected chi connectivity index (χ1v) is 18.9. The van der Waals surface area contributed by atoms with Crippen LogP contribution in [0.2, 0.25) is 0 Å². The summed E-state index contributed by atoms with van der Waals surface area (Å²) in [7, 11) is 0. The Balaban J connectivity index is 1.78. The number of likely N-dealkylation sites (tertiary alicyclic amines) is 1. The van der Waals surface area contributed by atoms with E-state index in [2.05, 4.69) is 12.2 Å². The SMILES string of the molecule is CCCC[C@H](O[C@@H](Cc1ccccc1)C(=O)N1CCC(OCSC)CC1)C(=O)N[C@@H](CC1CCCCC1)[C@@H](O)[C@@H](O)CC(C)C. The van der Waals surface area contributed by atoms with E-state index in [1.807, 2.05) is 55.3 Å². The Morgan fingerprint density at radius 3 is 2.33 bits per heavy atom. The van der Waals surface area contributed by atoms with Crippen LogP contribution in [0.15, 0.2) is 30.3 Å². The highest BCUT2D eigenvalue weighted by Gasteiger charge is 2.36. The number of nitrogens with zero attached hydrogens (tertiary/aromatic N) is 1. The lowest BCUT2D eigenvalue weighted by Crippen LogP contribution is -2.54. The maximum absolute atomic E-state index is 14.0. The molecule has 0 spiro atoms. The first kappa shape index (κ1) is 37.8. The van der Waals surface area contributed by atoms with Crippen LogP contribution < -0.4 is 5.32 Å². The zero-order valence-corrected chi connectivity index (χ0v) is 29.0. The lowest BCUT2D eigenvalue weighted by molar-refractivity contribution is -0.156. The molecular weight excluding hydrogens is 588 g/mol. The van der Waals surface area contributed by atoms with Gasteiger partial charge in [-0.1, -0.05) is 96.0 Å². The molecule has 1 saturated carbocycles. The van der Waals surface area contributed by atoms with Crippen LogP contribution in [-0.2, 0) is 25.5 Å². The van der Waals surface area contributed by atoms with Gasteiger partial charge in [0, 0.05) is 19.5 Å². The van der Waals surface area contributed by atoms with Crippen molar-refractivity contribution in [3.05, 3.63) is 35.9 Å². The van der Waals surface area contributed by atoms with Gasteiger partial charge in [0.15, 0.2) is 0 Å². The molecule has 0 aromatic heterocycles. The average Bonchev–Trinajstić information content (AvgIpc) is 3.05. The largest absolute Gasteiger partial charge is 0.390 e. The molecule has 8 nitrogen and oxygen atoms in total. The minimum Gasteiger partial charge on any atom is -0.390 e. The Labute approximate surface area is 276 Å². The smallest absolute Gasteiger partial charge is 0.252 e. The van der Waals surface area contributed by atoms with E-state index < -0.39 is 30.5 Å². The van der Waals surface area contributed by atoms with E-state index in [-0.39, 0.29) is 23.8 Å². The fraction of sp³-hybridized carbons (Fsp3) is 0.778. The number of hydrogen-bond donors (Lipinski definition) is 3. The van der Waals surface area contributed by atoms with Crippen LogP contribution in [0.25, 0.3) is 0 Å². The molecule has 3 N–H and O–H groups in total. The summed E-state index contributed by atoms with van der Waals surface area (Å²) < 4.78 is 12.4. The van der Waals surface area contributed by atoms with Gasteiger partial charge in [-0.15, -0.1) is 11.8 Å². The number of thioether (sulfide) groups is 1. The molecule has 2 amide bonds. The normalized spacial score (nSPS) is 20.0. The predicted octanol–water partition coefficient (Wildman–Crippen LogP) is 5.72. The van der Waals surface area contributed by atoms with Crippen LogP contribution in [0.3, 0.4) is 0 Å². The van der Waals surface area contributed by atoms with Crippen LogP contribution in [0, 0.1) is 11.8 Å². The predicted molar refractivity (Wildman–Crippen MR) is 182 cm³/mol. The van der Waals surface area contributed by atoms with Crippen LogP contribution in [-0.4, -0.2) is 88.8 Å². The molecule has 3 rings (SSSR count). The topological polar surface area (TPSA) is 108 Å². The van der Waals surface area contributed by atoms with Crippen LogP contribution >= 0.6 is 11.8 Å². The van der Waals surface area contributed by atoms with Gasteiger partial charge < -0.3 is 29.9 Å². The van der Waals surface area contributed by atoms with Gasteiger partial charge in [0.2, 0.25) is 5.91 Å². The summed E-state index contributed by atoms with van der Waals surface area (Å²) in [6.45, 7) is 7.30. The highest BCUT2D eigenvalue weighted by Crippen LogP contribution is 2.29. The van der Waals surface area contributed by atoms with E-state index in [9.17, 15) is 19.8 Å². The van der Waals surface area contributed by atoms with E-state index in [4.69, 9.17) is 9.47 Å². The van der Waals surface area contributed by atoms with Crippen molar-refractivity contribution < 1.29 is 29.3 Å². The number of benzene rings is 1. The van der Waals surface area contributed by atoms with Gasteiger partial charge >= 0.3 is 0 Å². The first-order chi connectivity index (χ1) is 21.7. The molecule has 0 radical (unpaired) electrons. The number of ether oxygens (including phenoxy) is 2. The number of carbonyl (C=O) groups is 2. The maximum atomic E-state index is 14.0. The maximum Gasteiger partial charge on any atom is 0.252 e.